The number of para-hydroxylation sites is 1. The van der Waals surface area contributed by atoms with Crippen molar-refractivity contribution in [2.24, 2.45) is 5.92 Å². The molecule has 0 saturated carbocycles. The molecule has 1 N–H and O–H groups in total. The van der Waals surface area contributed by atoms with Gasteiger partial charge in [0, 0.05) is 19.1 Å². The molecule has 1 aromatic carbocycles. The van der Waals surface area contributed by atoms with Gasteiger partial charge in [0.15, 0.2) is 0 Å². The first kappa shape index (κ1) is 14.4. The Morgan fingerprint density at radius 2 is 2.05 bits per heavy atom. The van der Waals surface area contributed by atoms with Crippen LogP contribution in [0.4, 0.5) is 0 Å². The molecule has 3 heteroatoms. The molecule has 19 heavy (non-hydrogen) atoms. The van der Waals surface area contributed by atoms with E-state index in [4.69, 9.17) is 4.74 Å². The van der Waals surface area contributed by atoms with Crippen molar-refractivity contribution < 1.29 is 4.74 Å². The fraction of sp³-hybridized carbons (Fsp3) is 0.625. The summed E-state index contributed by atoms with van der Waals surface area (Å²) in [6.45, 7) is 9.84. The molecule has 2 atom stereocenters. The van der Waals surface area contributed by atoms with Crippen LogP contribution >= 0.6 is 0 Å². The molecular formula is C16H26N2O. The quantitative estimate of drug-likeness (QED) is 0.901. The highest BCUT2D eigenvalue weighted by Gasteiger charge is 2.16. The summed E-state index contributed by atoms with van der Waals surface area (Å²) in [6.07, 6.45) is 1.22. The Kier molecular flexibility index (Phi) is 5.67. The molecule has 1 heterocycles. The Hall–Kier alpha value is -1.06. The van der Waals surface area contributed by atoms with E-state index in [2.05, 4.69) is 24.1 Å². The number of benzene rings is 1. The molecular weight excluding hydrogens is 236 g/mol. The molecule has 0 aliphatic carbocycles. The van der Waals surface area contributed by atoms with Gasteiger partial charge < -0.3 is 10.1 Å². The number of nitrogens with zero attached hydrogens (tertiary/aromatic N) is 1. The van der Waals surface area contributed by atoms with Gasteiger partial charge in [-0.25, -0.2) is 0 Å². The second kappa shape index (κ2) is 7.51. The Bertz CT molecular complexity index is 355. The molecule has 0 bridgehead atoms. The minimum atomic E-state index is 0.625. The highest BCUT2D eigenvalue weighted by atomic mass is 16.5. The third-order valence-corrected chi connectivity index (χ3v) is 3.68. The zero-order valence-corrected chi connectivity index (χ0v) is 12.1. The SMILES string of the molecule is CC1CNC(C)CCN(CCOc2ccccc2)C1. The van der Waals surface area contributed by atoms with E-state index in [1.807, 2.05) is 30.3 Å². The van der Waals surface area contributed by atoms with Gasteiger partial charge in [0.05, 0.1) is 0 Å². The lowest BCUT2D eigenvalue weighted by molar-refractivity contribution is 0.168. The van der Waals surface area contributed by atoms with Crippen LogP contribution in [0.25, 0.3) is 0 Å². The van der Waals surface area contributed by atoms with Crippen LogP contribution in [0, 0.1) is 5.92 Å². The van der Waals surface area contributed by atoms with E-state index in [9.17, 15) is 0 Å². The molecule has 2 unspecified atom stereocenters. The van der Waals surface area contributed by atoms with Crippen LogP contribution in [0.15, 0.2) is 30.3 Å². The topological polar surface area (TPSA) is 24.5 Å². The summed E-state index contributed by atoms with van der Waals surface area (Å²) in [5.41, 5.74) is 0. The molecule has 0 radical (unpaired) electrons. The Balaban J connectivity index is 1.74. The summed E-state index contributed by atoms with van der Waals surface area (Å²) in [4.78, 5) is 2.53. The summed E-state index contributed by atoms with van der Waals surface area (Å²) >= 11 is 0. The van der Waals surface area contributed by atoms with E-state index in [0.29, 0.717) is 12.0 Å². The summed E-state index contributed by atoms with van der Waals surface area (Å²) < 4.78 is 5.79. The minimum Gasteiger partial charge on any atom is -0.492 e. The minimum absolute atomic E-state index is 0.625. The maximum absolute atomic E-state index is 5.79. The zero-order chi connectivity index (χ0) is 13.5. The molecule has 1 fully saturated rings. The first-order valence-electron chi connectivity index (χ1n) is 7.37. The molecule has 1 aliphatic rings. The first-order chi connectivity index (χ1) is 9.24. The summed E-state index contributed by atoms with van der Waals surface area (Å²) in [5.74, 6) is 1.68. The number of hydrogen-bond acceptors (Lipinski definition) is 3. The lowest BCUT2D eigenvalue weighted by atomic mass is 10.1. The first-order valence-corrected chi connectivity index (χ1v) is 7.37. The Morgan fingerprint density at radius 1 is 1.26 bits per heavy atom. The second-order valence-corrected chi connectivity index (χ2v) is 5.67. The Labute approximate surface area is 116 Å². The number of rotatable bonds is 4. The Morgan fingerprint density at radius 3 is 2.84 bits per heavy atom. The highest BCUT2D eigenvalue weighted by Crippen LogP contribution is 2.10. The van der Waals surface area contributed by atoms with Gasteiger partial charge in [-0.05, 0) is 44.5 Å². The van der Waals surface area contributed by atoms with E-state index >= 15 is 0 Å². The molecule has 1 aromatic rings. The zero-order valence-electron chi connectivity index (χ0n) is 12.1. The van der Waals surface area contributed by atoms with Crippen molar-refractivity contribution in [1.29, 1.82) is 0 Å². The lowest BCUT2D eigenvalue weighted by Crippen LogP contribution is -2.43. The molecule has 106 valence electrons. The van der Waals surface area contributed by atoms with Crippen LogP contribution in [0.2, 0.25) is 0 Å². The van der Waals surface area contributed by atoms with Crippen molar-refractivity contribution in [3.63, 3.8) is 0 Å². The third kappa shape index (κ3) is 5.21. The van der Waals surface area contributed by atoms with Gasteiger partial charge in [-0.15, -0.1) is 0 Å². The lowest BCUT2D eigenvalue weighted by Gasteiger charge is -2.31. The van der Waals surface area contributed by atoms with E-state index < -0.39 is 0 Å². The van der Waals surface area contributed by atoms with Crippen molar-refractivity contribution >= 4 is 0 Å². The molecule has 2 rings (SSSR count). The van der Waals surface area contributed by atoms with Crippen molar-refractivity contribution in [3.05, 3.63) is 30.3 Å². The van der Waals surface area contributed by atoms with Crippen LogP contribution in [0.3, 0.4) is 0 Å². The summed E-state index contributed by atoms with van der Waals surface area (Å²) in [7, 11) is 0. The van der Waals surface area contributed by atoms with Crippen LogP contribution in [0.5, 0.6) is 5.75 Å². The summed E-state index contributed by atoms with van der Waals surface area (Å²) in [5, 5.41) is 3.58. The predicted octanol–water partition coefficient (Wildman–Crippen LogP) is 2.39. The van der Waals surface area contributed by atoms with Gasteiger partial charge in [0.25, 0.3) is 0 Å². The predicted molar refractivity (Wildman–Crippen MR) is 79.6 cm³/mol. The van der Waals surface area contributed by atoms with E-state index in [1.54, 1.807) is 0 Å². The third-order valence-electron chi connectivity index (χ3n) is 3.68. The monoisotopic (exact) mass is 262 g/mol. The molecule has 1 saturated heterocycles. The molecule has 0 amide bonds. The molecule has 3 nitrogen and oxygen atoms in total. The van der Waals surface area contributed by atoms with Crippen molar-refractivity contribution in [2.45, 2.75) is 26.3 Å². The standard InChI is InChI=1S/C16H26N2O/c1-14-12-17-15(2)8-9-18(13-14)10-11-19-16-6-4-3-5-7-16/h3-7,14-15,17H,8-13H2,1-2H3. The average molecular weight is 262 g/mol. The van der Waals surface area contributed by atoms with Gasteiger partial charge >= 0.3 is 0 Å². The normalized spacial score (nSPS) is 25.6. The number of ether oxygens (including phenoxy) is 1. The molecule has 0 aromatic heterocycles. The number of nitrogens with one attached hydrogen (secondary N) is 1. The van der Waals surface area contributed by atoms with Gasteiger partial charge in [0.1, 0.15) is 12.4 Å². The highest BCUT2D eigenvalue weighted by molar-refractivity contribution is 5.20. The number of hydrogen-bond donors (Lipinski definition) is 1. The van der Waals surface area contributed by atoms with Gasteiger partial charge in [0.2, 0.25) is 0 Å². The smallest absolute Gasteiger partial charge is 0.119 e. The van der Waals surface area contributed by atoms with Crippen molar-refractivity contribution in [3.8, 4) is 5.75 Å². The maximum atomic E-state index is 5.79. The summed E-state index contributed by atoms with van der Waals surface area (Å²) in [6, 6.07) is 10.7. The van der Waals surface area contributed by atoms with Crippen LogP contribution in [0.1, 0.15) is 20.3 Å². The van der Waals surface area contributed by atoms with Gasteiger partial charge in [-0.3, -0.25) is 4.90 Å². The van der Waals surface area contributed by atoms with E-state index in [1.165, 1.54) is 6.42 Å². The average Bonchev–Trinajstić information content (AvgIpc) is 2.42. The van der Waals surface area contributed by atoms with Gasteiger partial charge in [-0.2, -0.15) is 0 Å². The second-order valence-electron chi connectivity index (χ2n) is 5.67. The van der Waals surface area contributed by atoms with Crippen molar-refractivity contribution in [2.75, 3.05) is 32.8 Å². The molecule has 0 spiro atoms. The fourth-order valence-electron chi connectivity index (χ4n) is 2.49. The van der Waals surface area contributed by atoms with Crippen LogP contribution in [-0.4, -0.2) is 43.7 Å². The van der Waals surface area contributed by atoms with Crippen LogP contribution in [-0.2, 0) is 0 Å². The van der Waals surface area contributed by atoms with Crippen LogP contribution < -0.4 is 10.1 Å². The van der Waals surface area contributed by atoms with Gasteiger partial charge in [-0.1, -0.05) is 25.1 Å². The van der Waals surface area contributed by atoms with E-state index in [-0.39, 0.29) is 0 Å². The fourth-order valence-corrected chi connectivity index (χ4v) is 2.49. The maximum Gasteiger partial charge on any atom is 0.119 e. The van der Waals surface area contributed by atoms with E-state index in [0.717, 1.165) is 38.5 Å². The molecule has 1 aliphatic heterocycles. The van der Waals surface area contributed by atoms with Crippen molar-refractivity contribution in [1.82, 2.24) is 10.2 Å². The largest absolute Gasteiger partial charge is 0.492 e.